The van der Waals surface area contributed by atoms with Gasteiger partial charge in [-0.05, 0) is 33.5 Å². The SMILES string of the molecule is O=C(CS(=O)(=O)Cc1ccc(-c2ccc3ccccc3c2)cc1)NCCO. The van der Waals surface area contributed by atoms with E-state index in [2.05, 4.69) is 29.6 Å². The Balaban J connectivity index is 1.71. The summed E-state index contributed by atoms with van der Waals surface area (Å²) in [5.74, 6) is -1.38. The van der Waals surface area contributed by atoms with Gasteiger partial charge < -0.3 is 10.4 Å². The van der Waals surface area contributed by atoms with Crippen LogP contribution in [0.1, 0.15) is 5.56 Å². The largest absolute Gasteiger partial charge is 0.395 e. The Kier molecular flexibility index (Phi) is 5.88. The molecule has 0 aromatic heterocycles. The Bertz CT molecular complexity index is 1040. The average molecular weight is 383 g/mol. The number of fused-ring (bicyclic) bond motifs is 1. The van der Waals surface area contributed by atoms with E-state index in [4.69, 9.17) is 5.11 Å². The molecule has 0 aliphatic carbocycles. The fourth-order valence-corrected chi connectivity index (χ4v) is 4.22. The zero-order valence-corrected chi connectivity index (χ0v) is 15.6. The normalized spacial score (nSPS) is 11.4. The predicted octanol–water partition coefficient (Wildman–Crippen LogP) is 2.53. The van der Waals surface area contributed by atoms with Crippen molar-refractivity contribution in [2.75, 3.05) is 18.9 Å². The number of hydrogen-bond donors (Lipinski definition) is 2. The summed E-state index contributed by atoms with van der Waals surface area (Å²) in [7, 11) is -3.56. The molecule has 0 radical (unpaired) electrons. The van der Waals surface area contributed by atoms with E-state index in [9.17, 15) is 13.2 Å². The van der Waals surface area contributed by atoms with Crippen molar-refractivity contribution >= 4 is 26.5 Å². The Morgan fingerprint density at radius 2 is 1.56 bits per heavy atom. The van der Waals surface area contributed by atoms with Crippen molar-refractivity contribution in [3.05, 3.63) is 72.3 Å². The van der Waals surface area contributed by atoms with Crippen molar-refractivity contribution < 1.29 is 18.3 Å². The number of amides is 1. The zero-order chi connectivity index (χ0) is 19.3. The molecule has 2 N–H and O–H groups in total. The van der Waals surface area contributed by atoms with Gasteiger partial charge in [-0.25, -0.2) is 8.42 Å². The number of hydrogen-bond acceptors (Lipinski definition) is 4. The second kappa shape index (κ2) is 8.33. The van der Waals surface area contributed by atoms with Gasteiger partial charge >= 0.3 is 0 Å². The minimum atomic E-state index is -3.56. The smallest absolute Gasteiger partial charge is 0.235 e. The van der Waals surface area contributed by atoms with Crippen molar-refractivity contribution in [1.29, 1.82) is 0 Å². The lowest BCUT2D eigenvalue weighted by molar-refractivity contribution is -0.118. The molecule has 3 rings (SSSR count). The Morgan fingerprint density at radius 1 is 0.889 bits per heavy atom. The third-order valence-corrected chi connectivity index (χ3v) is 5.68. The lowest BCUT2D eigenvalue weighted by atomic mass is 10.0. The van der Waals surface area contributed by atoms with Crippen LogP contribution < -0.4 is 5.32 Å². The highest BCUT2D eigenvalue weighted by atomic mass is 32.2. The van der Waals surface area contributed by atoms with E-state index in [1.165, 1.54) is 5.39 Å². The summed E-state index contributed by atoms with van der Waals surface area (Å²) in [6.45, 7) is -0.170. The monoisotopic (exact) mass is 383 g/mol. The first kappa shape index (κ1) is 19.1. The molecule has 0 atom stereocenters. The van der Waals surface area contributed by atoms with Crippen LogP contribution in [-0.4, -0.2) is 38.3 Å². The van der Waals surface area contributed by atoms with Crippen molar-refractivity contribution in [1.82, 2.24) is 5.32 Å². The van der Waals surface area contributed by atoms with Gasteiger partial charge in [-0.2, -0.15) is 0 Å². The van der Waals surface area contributed by atoms with E-state index in [0.29, 0.717) is 5.56 Å². The molecule has 0 unspecified atom stereocenters. The van der Waals surface area contributed by atoms with E-state index in [-0.39, 0.29) is 18.9 Å². The second-order valence-corrected chi connectivity index (χ2v) is 8.43. The standard InChI is InChI=1S/C21H21NO4S/c23-12-11-22-21(24)15-27(25,26)14-16-5-7-18(8-6-16)20-10-9-17-3-1-2-4-19(17)13-20/h1-10,13,23H,11-12,14-15H2,(H,22,24). The first-order valence-corrected chi connectivity index (χ1v) is 10.4. The van der Waals surface area contributed by atoms with E-state index in [1.54, 1.807) is 12.1 Å². The van der Waals surface area contributed by atoms with Crippen molar-refractivity contribution in [3.63, 3.8) is 0 Å². The molecule has 0 aliphatic rings. The van der Waals surface area contributed by atoms with Gasteiger partial charge in [0.15, 0.2) is 9.84 Å². The number of benzene rings is 3. The van der Waals surface area contributed by atoms with E-state index in [0.717, 1.165) is 16.5 Å². The molecule has 27 heavy (non-hydrogen) atoms. The summed E-state index contributed by atoms with van der Waals surface area (Å²) in [6.07, 6.45) is 0. The number of sulfone groups is 1. The Labute approximate surface area is 158 Å². The molecular weight excluding hydrogens is 362 g/mol. The number of carbonyl (C=O) groups excluding carboxylic acids is 1. The van der Waals surface area contributed by atoms with E-state index < -0.39 is 21.5 Å². The minimum Gasteiger partial charge on any atom is -0.395 e. The highest BCUT2D eigenvalue weighted by molar-refractivity contribution is 7.91. The third-order valence-electron chi connectivity index (χ3n) is 4.21. The fraction of sp³-hybridized carbons (Fsp3) is 0.190. The Hall–Kier alpha value is -2.70. The highest BCUT2D eigenvalue weighted by Crippen LogP contribution is 2.25. The molecule has 0 saturated carbocycles. The lowest BCUT2D eigenvalue weighted by Crippen LogP contribution is -2.32. The maximum absolute atomic E-state index is 12.2. The minimum absolute atomic E-state index is 0.0504. The number of aliphatic hydroxyl groups excluding tert-OH is 1. The molecule has 0 fully saturated rings. The van der Waals surface area contributed by atoms with Crippen molar-refractivity contribution in [2.45, 2.75) is 5.75 Å². The maximum atomic E-state index is 12.2. The lowest BCUT2D eigenvalue weighted by Gasteiger charge is -2.08. The summed E-state index contributed by atoms with van der Waals surface area (Å²) >= 11 is 0. The molecule has 0 spiro atoms. The molecule has 1 amide bonds. The average Bonchev–Trinajstić information content (AvgIpc) is 2.66. The summed E-state index contributed by atoms with van der Waals surface area (Å²) < 4.78 is 24.3. The summed E-state index contributed by atoms with van der Waals surface area (Å²) in [5, 5.41) is 13.3. The van der Waals surface area contributed by atoms with Crippen LogP contribution >= 0.6 is 0 Å². The number of nitrogens with one attached hydrogen (secondary N) is 1. The van der Waals surface area contributed by atoms with Gasteiger partial charge in [0, 0.05) is 6.54 Å². The van der Waals surface area contributed by atoms with Gasteiger partial charge in [0.25, 0.3) is 0 Å². The first-order valence-electron chi connectivity index (χ1n) is 8.63. The molecule has 0 aliphatic heterocycles. The molecule has 0 bridgehead atoms. The van der Waals surface area contributed by atoms with Gasteiger partial charge in [0.2, 0.25) is 5.91 Å². The van der Waals surface area contributed by atoms with Crippen molar-refractivity contribution in [3.8, 4) is 11.1 Å². The molecule has 3 aromatic carbocycles. The predicted molar refractivity (Wildman–Crippen MR) is 107 cm³/mol. The maximum Gasteiger partial charge on any atom is 0.235 e. The highest BCUT2D eigenvalue weighted by Gasteiger charge is 2.17. The van der Waals surface area contributed by atoms with Gasteiger partial charge in [-0.3, -0.25) is 4.79 Å². The van der Waals surface area contributed by atoms with Crippen LogP contribution in [0.4, 0.5) is 0 Å². The van der Waals surface area contributed by atoms with Crippen LogP contribution in [-0.2, 0) is 20.4 Å². The molecule has 6 heteroatoms. The first-order chi connectivity index (χ1) is 13.0. The van der Waals surface area contributed by atoms with Crippen LogP contribution in [0.3, 0.4) is 0 Å². The molecular formula is C21H21NO4S. The molecule has 0 saturated heterocycles. The molecule has 0 heterocycles. The number of aliphatic hydroxyl groups is 1. The van der Waals surface area contributed by atoms with Crippen LogP contribution in [0.25, 0.3) is 21.9 Å². The van der Waals surface area contributed by atoms with Gasteiger partial charge in [0.05, 0.1) is 12.4 Å². The van der Waals surface area contributed by atoms with Gasteiger partial charge in [-0.1, -0.05) is 60.7 Å². The molecule has 140 valence electrons. The molecule has 5 nitrogen and oxygen atoms in total. The van der Waals surface area contributed by atoms with Gasteiger partial charge in [0.1, 0.15) is 5.75 Å². The number of carbonyl (C=O) groups is 1. The molecule has 3 aromatic rings. The van der Waals surface area contributed by atoms with Gasteiger partial charge in [-0.15, -0.1) is 0 Å². The summed E-state index contributed by atoms with van der Waals surface area (Å²) in [4.78, 5) is 11.6. The third kappa shape index (κ3) is 5.15. The summed E-state index contributed by atoms with van der Waals surface area (Å²) in [6, 6.07) is 21.6. The van der Waals surface area contributed by atoms with Crippen LogP contribution in [0, 0.1) is 0 Å². The quantitative estimate of drug-likeness (QED) is 0.657. The topological polar surface area (TPSA) is 83.5 Å². The van der Waals surface area contributed by atoms with Crippen LogP contribution in [0.2, 0.25) is 0 Å². The van der Waals surface area contributed by atoms with Crippen LogP contribution in [0.15, 0.2) is 66.7 Å². The van der Waals surface area contributed by atoms with E-state index in [1.807, 2.05) is 30.3 Å². The summed E-state index contributed by atoms with van der Waals surface area (Å²) in [5.41, 5.74) is 2.70. The second-order valence-electron chi connectivity index (χ2n) is 6.36. The fourth-order valence-electron chi connectivity index (χ4n) is 2.91. The number of rotatable bonds is 7. The Morgan fingerprint density at radius 3 is 2.26 bits per heavy atom. The van der Waals surface area contributed by atoms with Crippen LogP contribution in [0.5, 0.6) is 0 Å². The van der Waals surface area contributed by atoms with E-state index >= 15 is 0 Å². The zero-order valence-electron chi connectivity index (χ0n) is 14.8. The van der Waals surface area contributed by atoms with Crippen molar-refractivity contribution in [2.24, 2.45) is 0 Å².